The average molecular weight is 529 g/mol. The number of nitrogens with zero attached hydrogens (tertiary/aromatic N) is 1. The molecule has 3 aromatic carbocycles. The standard InChI is InChI=1S/C29H24N2O6S/c1-15-9-10-20(36-29(32)16-12-21(33-2)26(35-4)22(13-16)34-3)18(11-15)24-19(14-30)28(31)37-25-17-7-5-6-8-23(17)38-27(24)25/h5-13,24H,31H2,1-4H3. The molecule has 0 saturated heterocycles. The lowest BCUT2D eigenvalue weighted by molar-refractivity contribution is 0.0732. The molecule has 38 heavy (non-hydrogen) atoms. The summed E-state index contributed by atoms with van der Waals surface area (Å²) in [6, 6.07) is 18.5. The molecular formula is C29H24N2O6S. The predicted octanol–water partition coefficient (Wildman–Crippen LogP) is 5.67. The van der Waals surface area contributed by atoms with Crippen LogP contribution in [-0.2, 0) is 0 Å². The summed E-state index contributed by atoms with van der Waals surface area (Å²) in [7, 11) is 4.43. The Morgan fingerprint density at radius 3 is 2.37 bits per heavy atom. The predicted molar refractivity (Wildman–Crippen MR) is 143 cm³/mol. The molecule has 1 aromatic heterocycles. The number of carbonyl (C=O) groups excluding carboxylic acids is 1. The van der Waals surface area contributed by atoms with E-state index in [2.05, 4.69) is 6.07 Å². The molecule has 4 aromatic rings. The Balaban J connectivity index is 1.63. The van der Waals surface area contributed by atoms with Crippen LogP contribution in [0.5, 0.6) is 28.7 Å². The van der Waals surface area contributed by atoms with Gasteiger partial charge in [0.15, 0.2) is 17.2 Å². The van der Waals surface area contributed by atoms with E-state index in [1.54, 1.807) is 6.07 Å². The minimum atomic E-state index is -0.631. The molecule has 9 heteroatoms. The summed E-state index contributed by atoms with van der Waals surface area (Å²) in [5.74, 6) is 0.728. The van der Waals surface area contributed by atoms with Crippen molar-refractivity contribution >= 4 is 27.4 Å². The summed E-state index contributed by atoms with van der Waals surface area (Å²) in [5, 5.41) is 11.0. The molecule has 1 atom stereocenters. The Labute approximate surface area is 223 Å². The van der Waals surface area contributed by atoms with E-state index in [0.29, 0.717) is 34.3 Å². The summed E-state index contributed by atoms with van der Waals surface area (Å²) >= 11 is 1.51. The molecule has 0 fully saturated rings. The number of fused-ring (bicyclic) bond motifs is 3. The van der Waals surface area contributed by atoms with E-state index in [0.717, 1.165) is 20.5 Å². The molecule has 5 rings (SSSR count). The fourth-order valence-corrected chi connectivity index (χ4v) is 5.80. The zero-order valence-corrected chi connectivity index (χ0v) is 22.0. The minimum absolute atomic E-state index is 0.0250. The molecule has 1 unspecified atom stereocenters. The number of hydrogen-bond acceptors (Lipinski definition) is 9. The molecule has 0 aliphatic carbocycles. The summed E-state index contributed by atoms with van der Waals surface area (Å²) in [5.41, 5.74) is 8.26. The Morgan fingerprint density at radius 2 is 1.71 bits per heavy atom. The normalized spacial score (nSPS) is 14.3. The van der Waals surface area contributed by atoms with Crippen LogP contribution in [0.4, 0.5) is 0 Å². The fraction of sp³-hybridized carbons (Fsp3) is 0.172. The zero-order chi connectivity index (χ0) is 27.0. The summed E-state index contributed by atoms with van der Waals surface area (Å²) in [6.45, 7) is 1.93. The van der Waals surface area contributed by atoms with Crippen molar-refractivity contribution < 1.29 is 28.5 Å². The van der Waals surface area contributed by atoms with E-state index in [1.807, 2.05) is 43.3 Å². The van der Waals surface area contributed by atoms with E-state index < -0.39 is 11.9 Å². The number of nitriles is 1. The highest BCUT2D eigenvalue weighted by molar-refractivity contribution is 7.19. The smallest absolute Gasteiger partial charge is 0.343 e. The van der Waals surface area contributed by atoms with Gasteiger partial charge in [0.2, 0.25) is 11.6 Å². The highest BCUT2D eigenvalue weighted by Crippen LogP contribution is 2.52. The van der Waals surface area contributed by atoms with Crippen molar-refractivity contribution in [2.75, 3.05) is 21.3 Å². The molecular weight excluding hydrogens is 504 g/mol. The van der Waals surface area contributed by atoms with Gasteiger partial charge in [0, 0.05) is 15.6 Å². The van der Waals surface area contributed by atoms with Crippen LogP contribution in [0.2, 0.25) is 0 Å². The van der Waals surface area contributed by atoms with Crippen molar-refractivity contribution in [1.29, 1.82) is 5.26 Å². The second kappa shape index (κ2) is 10.00. The lowest BCUT2D eigenvalue weighted by Crippen LogP contribution is -2.21. The minimum Gasteiger partial charge on any atom is -0.493 e. The van der Waals surface area contributed by atoms with Crippen LogP contribution >= 0.6 is 11.3 Å². The summed E-state index contributed by atoms with van der Waals surface area (Å²) < 4.78 is 29.0. The monoisotopic (exact) mass is 528 g/mol. The highest BCUT2D eigenvalue weighted by atomic mass is 32.1. The first-order chi connectivity index (χ1) is 18.4. The number of methoxy groups -OCH3 is 3. The quantitative estimate of drug-likeness (QED) is 0.251. The lowest BCUT2D eigenvalue weighted by atomic mass is 9.87. The molecule has 1 aliphatic heterocycles. The van der Waals surface area contributed by atoms with E-state index in [9.17, 15) is 10.1 Å². The van der Waals surface area contributed by atoms with Crippen LogP contribution in [0.3, 0.4) is 0 Å². The van der Waals surface area contributed by atoms with E-state index in [1.165, 1.54) is 44.8 Å². The van der Waals surface area contributed by atoms with Gasteiger partial charge in [-0.15, -0.1) is 11.3 Å². The number of carbonyl (C=O) groups is 1. The van der Waals surface area contributed by atoms with Gasteiger partial charge >= 0.3 is 5.97 Å². The van der Waals surface area contributed by atoms with Gasteiger partial charge in [0.05, 0.1) is 37.7 Å². The largest absolute Gasteiger partial charge is 0.493 e. The fourth-order valence-electron chi connectivity index (χ4n) is 4.53. The topological polar surface area (TPSA) is 113 Å². The Kier molecular flexibility index (Phi) is 6.57. The number of esters is 1. The van der Waals surface area contributed by atoms with Crippen LogP contribution < -0.4 is 29.4 Å². The number of thiophene rings is 1. The lowest BCUT2D eigenvalue weighted by Gasteiger charge is -2.25. The molecule has 0 radical (unpaired) electrons. The second-order valence-corrected chi connectivity index (χ2v) is 9.64. The van der Waals surface area contributed by atoms with Gasteiger partial charge < -0.3 is 29.4 Å². The number of rotatable bonds is 6. The van der Waals surface area contributed by atoms with Gasteiger partial charge in [0.1, 0.15) is 17.4 Å². The first-order valence-electron chi connectivity index (χ1n) is 11.6. The average Bonchev–Trinajstić information content (AvgIpc) is 3.30. The van der Waals surface area contributed by atoms with Gasteiger partial charge in [-0.25, -0.2) is 4.79 Å². The number of nitrogens with two attached hydrogens (primary N) is 1. The summed E-state index contributed by atoms with van der Waals surface area (Å²) in [4.78, 5) is 14.2. The highest BCUT2D eigenvalue weighted by Gasteiger charge is 2.36. The van der Waals surface area contributed by atoms with Crippen LogP contribution in [0.15, 0.2) is 66.1 Å². The number of aryl methyl sites for hydroxylation is 1. The first kappa shape index (κ1) is 25.0. The zero-order valence-electron chi connectivity index (χ0n) is 21.2. The second-order valence-electron chi connectivity index (χ2n) is 8.56. The SMILES string of the molecule is COc1cc(C(=O)Oc2ccc(C)cc2C2C(C#N)=C(N)Oc3c2sc2ccccc32)cc(OC)c1OC. The van der Waals surface area contributed by atoms with Crippen LogP contribution in [0, 0.1) is 18.3 Å². The molecule has 0 bridgehead atoms. The Morgan fingerprint density at radius 1 is 1.00 bits per heavy atom. The van der Waals surface area contributed by atoms with E-state index in [-0.39, 0.29) is 17.0 Å². The van der Waals surface area contributed by atoms with Gasteiger partial charge in [-0.05, 0) is 37.3 Å². The van der Waals surface area contributed by atoms with Crippen LogP contribution in [0.1, 0.15) is 32.3 Å². The molecule has 0 saturated carbocycles. The summed E-state index contributed by atoms with van der Waals surface area (Å²) in [6.07, 6.45) is 0. The van der Waals surface area contributed by atoms with Crippen molar-refractivity contribution in [2.24, 2.45) is 5.73 Å². The van der Waals surface area contributed by atoms with Crippen molar-refractivity contribution in [3.63, 3.8) is 0 Å². The molecule has 0 spiro atoms. The Bertz CT molecular complexity index is 1620. The number of hydrogen-bond donors (Lipinski definition) is 1. The van der Waals surface area contributed by atoms with Crippen molar-refractivity contribution in [3.05, 3.63) is 87.6 Å². The number of benzene rings is 3. The first-order valence-corrected chi connectivity index (χ1v) is 12.4. The van der Waals surface area contributed by atoms with Gasteiger partial charge in [0.25, 0.3) is 0 Å². The Hall–Kier alpha value is -4.68. The maximum atomic E-state index is 13.4. The van der Waals surface area contributed by atoms with Crippen molar-refractivity contribution in [2.45, 2.75) is 12.8 Å². The molecule has 192 valence electrons. The van der Waals surface area contributed by atoms with E-state index in [4.69, 9.17) is 29.4 Å². The molecule has 2 heterocycles. The molecule has 0 amide bonds. The van der Waals surface area contributed by atoms with E-state index >= 15 is 0 Å². The number of allylic oxidation sites excluding steroid dienone is 1. The van der Waals surface area contributed by atoms with Crippen molar-refractivity contribution in [3.8, 4) is 34.8 Å². The maximum Gasteiger partial charge on any atom is 0.343 e. The maximum absolute atomic E-state index is 13.4. The van der Waals surface area contributed by atoms with Crippen molar-refractivity contribution in [1.82, 2.24) is 0 Å². The molecule has 8 nitrogen and oxygen atoms in total. The van der Waals surface area contributed by atoms with Crippen LogP contribution in [0.25, 0.3) is 10.1 Å². The van der Waals surface area contributed by atoms with Crippen LogP contribution in [-0.4, -0.2) is 27.3 Å². The van der Waals surface area contributed by atoms with Gasteiger partial charge in [-0.3, -0.25) is 0 Å². The van der Waals surface area contributed by atoms with Gasteiger partial charge in [-0.2, -0.15) is 5.26 Å². The molecule has 2 N–H and O–H groups in total. The third-order valence-electron chi connectivity index (χ3n) is 6.30. The number of ether oxygens (including phenoxy) is 5. The van der Waals surface area contributed by atoms with Gasteiger partial charge in [-0.1, -0.05) is 29.8 Å². The molecule has 1 aliphatic rings. The third-order valence-corrected chi connectivity index (χ3v) is 7.52. The third kappa shape index (κ3) is 4.15.